The molecule has 6 nitrogen and oxygen atoms in total. The summed E-state index contributed by atoms with van der Waals surface area (Å²) in [5, 5.41) is 0. The third-order valence-corrected chi connectivity index (χ3v) is 4.87. The van der Waals surface area contributed by atoms with E-state index in [1.807, 2.05) is 0 Å². The number of esters is 1. The lowest BCUT2D eigenvalue weighted by molar-refractivity contribution is 0.0319. The van der Waals surface area contributed by atoms with Crippen molar-refractivity contribution in [2.24, 2.45) is 0 Å². The van der Waals surface area contributed by atoms with E-state index in [1.54, 1.807) is 54.6 Å². The minimum atomic E-state index is -0.948. The van der Waals surface area contributed by atoms with E-state index in [0.717, 1.165) is 4.90 Å². The molecule has 0 unspecified atom stereocenters. The van der Waals surface area contributed by atoms with Crippen molar-refractivity contribution in [1.29, 1.82) is 0 Å². The molecule has 0 aromatic heterocycles. The van der Waals surface area contributed by atoms with Gasteiger partial charge in [-0.25, -0.2) is 9.69 Å². The zero-order valence-electron chi connectivity index (χ0n) is 16.1. The van der Waals surface area contributed by atoms with Crippen molar-refractivity contribution in [3.8, 4) is 0 Å². The first-order chi connectivity index (χ1) is 14.5. The number of anilines is 1. The lowest BCUT2D eigenvalue weighted by Gasteiger charge is -2.15. The van der Waals surface area contributed by atoms with Crippen LogP contribution in [-0.4, -0.2) is 29.7 Å². The molecule has 4 rings (SSSR count). The van der Waals surface area contributed by atoms with Crippen LogP contribution in [0.25, 0.3) is 0 Å². The van der Waals surface area contributed by atoms with Gasteiger partial charge < -0.3 is 4.74 Å². The van der Waals surface area contributed by atoms with Gasteiger partial charge in [0, 0.05) is 5.56 Å². The molecule has 0 N–H and O–H groups in total. The van der Waals surface area contributed by atoms with Gasteiger partial charge in [-0.3, -0.25) is 14.4 Å². The molecule has 0 saturated heterocycles. The Labute approximate surface area is 172 Å². The Morgan fingerprint density at radius 2 is 1.27 bits per heavy atom. The van der Waals surface area contributed by atoms with E-state index in [-0.39, 0.29) is 11.3 Å². The van der Waals surface area contributed by atoms with Crippen LogP contribution in [0.1, 0.15) is 48.4 Å². The summed E-state index contributed by atoms with van der Waals surface area (Å²) in [5.41, 5.74) is 1.71. The molecule has 1 aliphatic heterocycles. The number of fused-ring (bicyclic) bond motifs is 1. The molecule has 0 spiro atoms. The van der Waals surface area contributed by atoms with Gasteiger partial charge >= 0.3 is 5.97 Å². The van der Waals surface area contributed by atoms with E-state index in [0.29, 0.717) is 22.4 Å². The van der Waals surface area contributed by atoms with Gasteiger partial charge in [0.2, 0.25) is 5.78 Å². The van der Waals surface area contributed by atoms with Crippen LogP contribution in [0.5, 0.6) is 0 Å². The quantitative estimate of drug-likeness (QED) is 0.369. The number of imide groups is 1. The Kier molecular flexibility index (Phi) is 4.98. The number of hydrogen-bond acceptors (Lipinski definition) is 5. The first kappa shape index (κ1) is 19.3. The van der Waals surface area contributed by atoms with Gasteiger partial charge in [0.25, 0.3) is 11.8 Å². The number of amides is 2. The summed E-state index contributed by atoms with van der Waals surface area (Å²) in [7, 11) is 0. The second-order valence-corrected chi connectivity index (χ2v) is 6.82. The SMILES string of the molecule is C[C@H](OC(=O)c1ccc(N2C(=O)c3ccccc3C2=O)cc1)C(=O)c1ccccc1. The standard InChI is InChI=1S/C24H17NO5/c1-15(21(26)16-7-3-2-4-8-16)30-24(29)17-11-13-18(14-12-17)25-22(27)19-9-5-6-10-20(19)23(25)28/h2-15H,1H3/t15-/m0/s1. The van der Waals surface area contributed by atoms with Crippen LogP contribution < -0.4 is 4.90 Å². The predicted molar refractivity (Wildman–Crippen MR) is 110 cm³/mol. The summed E-state index contributed by atoms with van der Waals surface area (Å²) < 4.78 is 5.27. The first-order valence-electron chi connectivity index (χ1n) is 9.35. The average Bonchev–Trinajstić information content (AvgIpc) is 3.04. The van der Waals surface area contributed by atoms with Crippen molar-refractivity contribution < 1.29 is 23.9 Å². The third kappa shape index (κ3) is 3.39. The predicted octanol–water partition coefficient (Wildman–Crippen LogP) is 3.92. The molecular formula is C24H17NO5. The molecule has 0 bridgehead atoms. The number of benzene rings is 3. The van der Waals surface area contributed by atoms with Crippen LogP contribution in [0.15, 0.2) is 78.9 Å². The molecule has 1 heterocycles. The zero-order valence-corrected chi connectivity index (χ0v) is 16.1. The molecule has 1 aliphatic rings. The van der Waals surface area contributed by atoms with Crippen LogP contribution in [-0.2, 0) is 4.74 Å². The lowest BCUT2D eigenvalue weighted by atomic mass is 10.1. The highest BCUT2D eigenvalue weighted by atomic mass is 16.5. The summed E-state index contributed by atoms with van der Waals surface area (Å²) in [6.07, 6.45) is -0.948. The summed E-state index contributed by atoms with van der Waals surface area (Å²) in [4.78, 5) is 51.0. The topological polar surface area (TPSA) is 80.8 Å². The van der Waals surface area contributed by atoms with Crippen LogP contribution in [0.3, 0.4) is 0 Å². The van der Waals surface area contributed by atoms with Crippen molar-refractivity contribution >= 4 is 29.3 Å². The van der Waals surface area contributed by atoms with E-state index < -0.39 is 23.9 Å². The smallest absolute Gasteiger partial charge is 0.338 e. The molecule has 1 atom stereocenters. The molecule has 2 amide bonds. The molecule has 0 aliphatic carbocycles. The van der Waals surface area contributed by atoms with E-state index >= 15 is 0 Å². The fourth-order valence-electron chi connectivity index (χ4n) is 3.29. The largest absolute Gasteiger partial charge is 0.451 e. The van der Waals surface area contributed by atoms with Crippen molar-refractivity contribution in [2.45, 2.75) is 13.0 Å². The number of Topliss-reactive ketones (excluding diaryl/α,β-unsaturated/α-hetero) is 1. The van der Waals surface area contributed by atoms with Crippen molar-refractivity contribution in [1.82, 2.24) is 0 Å². The molecule has 0 saturated carbocycles. The van der Waals surface area contributed by atoms with E-state index in [1.165, 1.54) is 31.2 Å². The number of carbonyl (C=O) groups excluding carboxylic acids is 4. The van der Waals surface area contributed by atoms with Gasteiger partial charge in [-0.2, -0.15) is 0 Å². The van der Waals surface area contributed by atoms with Crippen LogP contribution in [0.2, 0.25) is 0 Å². The highest BCUT2D eigenvalue weighted by molar-refractivity contribution is 6.34. The highest BCUT2D eigenvalue weighted by Gasteiger charge is 2.36. The number of carbonyl (C=O) groups is 4. The maximum atomic E-state index is 12.6. The molecule has 0 fully saturated rings. The highest BCUT2D eigenvalue weighted by Crippen LogP contribution is 2.28. The maximum absolute atomic E-state index is 12.6. The Morgan fingerprint density at radius 3 is 1.83 bits per heavy atom. The average molecular weight is 399 g/mol. The molecule has 148 valence electrons. The fourth-order valence-corrected chi connectivity index (χ4v) is 3.29. The second kappa shape index (κ2) is 7.75. The molecular weight excluding hydrogens is 382 g/mol. The van der Waals surface area contributed by atoms with Crippen LogP contribution in [0.4, 0.5) is 5.69 Å². The normalized spacial score (nSPS) is 13.7. The monoisotopic (exact) mass is 399 g/mol. The molecule has 6 heteroatoms. The Balaban J connectivity index is 1.48. The van der Waals surface area contributed by atoms with Crippen molar-refractivity contribution in [3.63, 3.8) is 0 Å². The molecule has 3 aromatic carbocycles. The van der Waals surface area contributed by atoms with E-state index in [2.05, 4.69) is 0 Å². The van der Waals surface area contributed by atoms with Gasteiger partial charge in [0.05, 0.1) is 22.4 Å². The number of hydrogen-bond donors (Lipinski definition) is 0. The summed E-state index contributed by atoms with van der Waals surface area (Å²) in [6.45, 7) is 1.51. The Bertz CT molecular complexity index is 1120. The summed E-state index contributed by atoms with van der Waals surface area (Å²) >= 11 is 0. The van der Waals surface area contributed by atoms with Crippen LogP contribution in [0, 0.1) is 0 Å². The van der Waals surface area contributed by atoms with Gasteiger partial charge in [-0.1, -0.05) is 42.5 Å². The van der Waals surface area contributed by atoms with Gasteiger partial charge in [-0.05, 0) is 43.3 Å². The van der Waals surface area contributed by atoms with Gasteiger partial charge in [-0.15, -0.1) is 0 Å². The second-order valence-electron chi connectivity index (χ2n) is 6.82. The summed E-state index contributed by atoms with van der Waals surface area (Å²) in [5.74, 6) is -1.78. The van der Waals surface area contributed by atoms with Gasteiger partial charge in [0.1, 0.15) is 0 Å². The zero-order chi connectivity index (χ0) is 21.3. The number of rotatable bonds is 5. The van der Waals surface area contributed by atoms with E-state index in [4.69, 9.17) is 4.74 Å². The minimum absolute atomic E-state index is 0.211. The maximum Gasteiger partial charge on any atom is 0.338 e. The molecule has 30 heavy (non-hydrogen) atoms. The first-order valence-corrected chi connectivity index (χ1v) is 9.35. The van der Waals surface area contributed by atoms with E-state index in [9.17, 15) is 19.2 Å². The number of ketones is 1. The fraction of sp³-hybridized carbons (Fsp3) is 0.0833. The number of ether oxygens (including phenoxy) is 1. The Hall–Kier alpha value is -4.06. The molecule has 0 radical (unpaired) electrons. The Morgan fingerprint density at radius 1 is 0.733 bits per heavy atom. The lowest BCUT2D eigenvalue weighted by Crippen LogP contribution is -2.29. The van der Waals surface area contributed by atoms with Crippen LogP contribution >= 0.6 is 0 Å². The minimum Gasteiger partial charge on any atom is -0.451 e. The number of nitrogens with zero attached hydrogens (tertiary/aromatic N) is 1. The third-order valence-electron chi connectivity index (χ3n) is 4.87. The van der Waals surface area contributed by atoms with Crippen molar-refractivity contribution in [3.05, 3.63) is 101 Å². The summed E-state index contributed by atoms with van der Waals surface area (Å²) in [6, 6.07) is 21.1. The molecule has 3 aromatic rings. The van der Waals surface area contributed by atoms with Gasteiger partial charge in [0.15, 0.2) is 6.10 Å². The van der Waals surface area contributed by atoms with Crippen molar-refractivity contribution in [2.75, 3.05) is 4.90 Å².